The minimum Gasteiger partial charge on any atom is -0.399 e. The van der Waals surface area contributed by atoms with Crippen LogP contribution >= 0.6 is 0 Å². The van der Waals surface area contributed by atoms with Crippen LogP contribution in [-0.2, 0) is 6.42 Å². The summed E-state index contributed by atoms with van der Waals surface area (Å²) in [5, 5.41) is 0. The summed E-state index contributed by atoms with van der Waals surface area (Å²) >= 11 is 0. The maximum Gasteiger partial charge on any atom is 0.0445 e. The van der Waals surface area contributed by atoms with Crippen LogP contribution in [0, 0.1) is 6.92 Å². The Morgan fingerprint density at radius 3 is 2.74 bits per heavy atom. The second-order valence-corrected chi connectivity index (χ2v) is 5.43. The quantitative estimate of drug-likeness (QED) is 0.776. The minimum absolute atomic E-state index is 0.526. The molecule has 0 saturated carbocycles. The van der Waals surface area contributed by atoms with Crippen LogP contribution in [0.15, 0.2) is 42.5 Å². The molecule has 1 heterocycles. The molecule has 0 aliphatic carbocycles. The molecule has 1 unspecified atom stereocenters. The zero-order valence-corrected chi connectivity index (χ0v) is 11.6. The molecule has 19 heavy (non-hydrogen) atoms. The van der Waals surface area contributed by atoms with Gasteiger partial charge in [0.05, 0.1) is 0 Å². The fraction of sp³-hybridized carbons (Fsp3) is 0.294. The lowest BCUT2D eigenvalue weighted by Gasteiger charge is -2.37. The molecule has 0 saturated heterocycles. The van der Waals surface area contributed by atoms with Gasteiger partial charge in [-0.2, -0.15) is 0 Å². The van der Waals surface area contributed by atoms with E-state index in [1.165, 1.54) is 29.8 Å². The molecular weight excluding hydrogens is 232 g/mol. The first-order chi connectivity index (χ1) is 9.16. The summed E-state index contributed by atoms with van der Waals surface area (Å²) in [6.07, 6.45) is 2.36. The monoisotopic (exact) mass is 252 g/mol. The number of benzene rings is 2. The Labute approximate surface area is 114 Å². The third-order valence-corrected chi connectivity index (χ3v) is 4.05. The summed E-state index contributed by atoms with van der Waals surface area (Å²) in [7, 11) is 0. The van der Waals surface area contributed by atoms with Gasteiger partial charge in [0.1, 0.15) is 0 Å². The Balaban J connectivity index is 2.10. The molecule has 2 aromatic carbocycles. The molecular formula is C17H20N2. The van der Waals surface area contributed by atoms with Crippen molar-refractivity contribution >= 4 is 17.1 Å². The van der Waals surface area contributed by atoms with Gasteiger partial charge in [0.25, 0.3) is 0 Å². The van der Waals surface area contributed by atoms with Gasteiger partial charge in [-0.3, -0.25) is 0 Å². The van der Waals surface area contributed by atoms with Crippen LogP contribution in [0.3, 0.4) is 0 Å². The predicted molar refractivity (Wildman–Crippen MR) is 82.0 cm³/mol. The molecule has 98 valence electrons. The Hall–Kier alpha value is -1.96. The molecule has 2 nitrogen and oxygen atoms in total. The van der Waals surface area contributed by atoms with Crippen LogP contribution in [0.25, 0.3) is 0 Å². The first-order valence-corrected chi connectivity index (χ1v) is 6.90. The number of anilines is 3. The number of nitrogen functional groups attached to an aromatic ring is 1. The van der Waals surface area contributed by atoms with Gasteiger partial charge < -0.3 is 10.6 Å². The molecule has 1 aliphatic rings. The molecule has 0 amide bonds. The topological polar surface area (TPSA) is 29.3 Å². The van der Waals surface area contributed by atoms with E-state index < -0.39 is 0 Å². The lowest BCUT2D eigenvalue weighted by molar-refractivity contribution is 0.618. The highest BCUT2D eigenvalue weighted by molar-refractivity contribution is 5.71. The SMILES string of the molecule is Cc1cc(N2c3ccccc3CCC2C)ccc1N. The average Bonchev–Trinajstić information content (AvgIpc) is 2.42. The first-order valence-electron chi connectivity index (χ1n) is 6.90. The fourth-order valence-corrected chi connectivity index (χ4v) is 2.89. The highest BCUT2D eigenvalue weighted by Gasteiger charge is 2.24. The third kappa shape index (κ3) is 2.07. The van der Waals surface area contributed by atoms with Crippen LogP contribution in [-0.4, -0.2) is 6.04 Å². The Bertz CT molecular complexity index is 604. The molecule has 0 bridgehead atoms. The van der Waals surface area contributed by atoms with Gasteiger partial charge in [0.15, 0.2) is 0 Å². The van der Waals surface area contributed by atoms with Gasteiger partial charge in [-0.15, -0.1) is 0 Å². The Kier molecular flexibility index (Phi) is 2.94. The number of aryl methyl sites for hydroxylation is 2. The van der Waals surface area contributed by atoms with E-state index in [0.717, 1.165) is 11.3 Å². The van der Waals surface area contributed by atoms with Crippen LogP contribution in [0.5, 0.6) is 0 Å². The zero-order chi connectivity index (χ0) is 13.4. The summed E-state index contributed by atoms with van der Waals surface area (Å²) in [6.45, 7) is 4.36. The fourth-order valence-electron chi connectivity index (χ4n) is 2.89. The second-order valence-electron chi connectivity index (χ2n) is 5.43. The van der Waals surface area contributed by atoms with Crippen molar-refractivity contribution in [2.24, 2.45) is 0 Å². The van der Waals surface area contributed by atoms with Crippen molar-refractivity contribution in [3.63, 3.8) is 0 Å². The number of hydrogen-bond donors (Lipinski definition) is 1. The minimum atomic E-state index is 0.526. The van der Waals surface area contributed by atoms with E-state index in [9.17, 15) is 0 Å². The maximum atomic E-state index is 5.93. The van der Waals surface area contributed by atoms with Gasteiger partial charge in [-0.1, -0.05) is 18.2 Å². The predicted octanol–water partition coefficient (Wildman–Crippen LogP) is 4.05. The molecule has 2 heteroatoms. The van der Waals surface area contributed by atoms with E-state index >= 15 is 0 Å². The smallest absolute Gasteiger partial charge is 0.0445 e. The largest absolute Gasteiger partial charge is 0.399 e. The number of para-hydroxylation sites is 1. The number of nitrogens with two attached hydrogens (primary N) is 1. The van der Waals surface area contributed by atoms with Gasteiger partial charge in [0.2, 0.25) is 0 Å². The first kappa shape index (κ1) is 12.1. The van der Waals surface area contributed by atoms with Crippen LogP contribution in [0.4, 0.5) is 17.1 Å². The molecule has 0 fully saturated rings. The third-order valence-electron chi connectivity index (χ3n) is 4.05. The van der Waals surface area contributed by atoms with Gasteiger partial charge in [0, 0.05) is 23.1 Å². The lowest BCUT2D eigenvalue weighted by Crippen LogP contribution is -2.33. The number of fused-ring (bicyclic) bond motifs is 1. The lowest BCUT2D eigenvalue weighted by atomic mass is 9.95. The van der Waals surface area contributed by atoms with Crippen molar-refractivity contribution in [1.29, 1.82) is 0 Å². The highest BCUT2D eigenvalue weighted by atomic mass is 15.2. The van der Waals surface area contributed by atoms with E-state index in [1.807, 2.05) is 6.07 Å². The Morgan fingerprint density at radius 2 is 1.95 bits per heavy atom. The molecule has 1 aliphatic heterocycles. The van der Waals surface area contributed by atoms with Crippen molar-refractivity contribution in [2.45, 2.75) is 32.7 Å². The summed E-state index contributed by atoms with van der Waals surface area (Å²) in [5.74, 6) is 0. The highest BCUT2D eigenvalue weighted by Crippen LogP contribution is 2.37. The van der Waals surface area contributed by atoms with Crippen LogP contribution < -0.4 is 10.6 Å². The molecule has 0 aromatic heterocycles. The van der Waals surface area contributed by atoms with Crippen molar-refractivity contribution in [2.75, 3.05) is 10.6 Å². The van der Waals surface area contributed by atoms with E-state index in [4.69, 9.17) is 5.73 Å². The van der Waals surface area contributed by atoms with Crippen molar-refractivity contribution in [1.82, 2.24) is 0 Å². The normalized spacial score (nSPS) is 18.2. The molecule has 2 aromatic rings. The van der Waals surface area contributed by atoms with Crippen LogP contribution in [0.1, 0.15) is 24.5 Å². The van der Waals surface area contributed by atoms with E-state index in [-0.39, 0.29) is 0 Å². The maximum absolute atomic E-state index is 5.93. The van der Waals surface area contributed by atoms with Crippen molar-refractivity contribution < 1.29 is 0 Å². The van der Waals surface area contributed by atoms with Gasteiger partial charge in [-0.25, -0.2) is 0 Å². The number of nitrogens with zero attached hydrogens (tertiary/aromatic N) is 1. The van der Waals surface area contributed by atoms with E-state index in [0.29, 0.717) is 6.04 Å². The standard InChI is InChI=1S/C17H20N2/c1-12-11-15(9-10-16(12)18)19-13(2)7-8-14-5-3-4-6-17(14)19/h3-6,9-11,13H,7-8,18H2,1-2H3. The van der Waals surface area contributed by atoms with Crippen LogP contribution in [0.2, 0.25) is 0 Å². The Morgan fingerprint density at radius 1 is 1.16 bits per heavy atom. The van der Waals surface area contributed by atoms with Gasteiger partial charge in [-0.05, 0) is 62.1 Å². The molecule has 2 N–H and O–H groups in total. The summed E-state index contributed by atoms with van der Waals surface area (Å²) < 4.78 is 0. The molecule has 0 radical (unpaired) electrons. The molecule has 0 spiro atoms. The summed E-state index contributed by atoms with van der Waals surface area (Å²) in [4.78, 5) is 2.44. The zero-order valence-electron chi connectivity index (χ0n) is 11.6. The van der Waals surface area contributed by atoms with Crippen molar-refractivity contribution in [3.05, 3.63) is 53.6 Å². The summed E-state index contributed by atoms with van der Waals surface area (Å²) in [5.41, 5.74) is 12.0. The van der Waals surface area contributed by atoms with E-state index in [1.54, 1.807) is 0 Å². The molecule has 1 atom stereocenters. The van der Waals surface area contributed by atoms with Crippen molar-refractivity contribution in [3.8, 4) is 0 Å². The average molecular weight is 252 g/mol. The molecule has 3 rings (SSSR count). The number of hydrogen-bond acceptors (Lipinski definition) is 2. The second kappa shape index (κ2) is 4.61. The van der Waals surface area contributed by atoms with Gasteiger partial charge >= 0.3 is 0 Å². The summed E-state index contributed by atoms with van der Waals surface area (Å²) in [6, 6.07) is 15.5. The number of rotatable bonds is 1. The van der Waals surface area contributed by atoms with E-state index in [2.05, 4.69) is 55.1 Å².